The average Bonchev–Trinajstić information content (AvgIpc) is 2.91. The maximum Gasteiger partial charge on any atom is 0.230 e. The highest BCUT2D eigenvalue weighted by molar-refractivity contribution is 5.95. The summed E-state index contributed by atoms with van der Waals surface area (Å²) in [6.07, 6.45) is 11.4. The van der Waals surface area contributed by atoms with E-state index in [-0.39, 0.29) is 11.8 Å². The van der Waals surface area contributed by atoms with Crippen molar-refractivity contribution in [2.24, 2.45) is 5.92 Å². The Kier molecular flexibility index (Phi) is 7.61. The molecule has 0 unspecified atom stereocenters. The molecule has 2 aliphatic rings. The number of hydrogen-bond acceptors (Lipinski definition) is 4. The number of carbonyl (C=O) groups excluding carboxylic acids is 1. The van der Waals surface area contributed by atoms with Gasteiger partial charge in [0.15, 0.2) is 0 Å². The number of nitrogens with zero attached hydrogens (tertiary/aromatic N) is 3. The third-order valence-electron chi connectivity index (χ3n) is 7.60. The smallest absolute Gasteiger partial charge is 0.230 e. The first kappa shape index (κ1) is 24.1. The van der Waals surface area contributed by atoms with Crippen molar-refractivity contribution < 1.29 is 9.53 Å². The molecule has 184 valence electrons. The van der Waals surface area contributed by atoms with Crippen LogP contribution in [0.15, 0.2) is 66.9 Å². The SMILES string of the molecule is N#Cc1ccc(N(Cc2ccc(C3CCCCC3)cn2)C(=O)C2CCC2)cc1OCc1ccccc1. The topological polar surface area (TPSA) is 66.2 Å². The second-order valence-corrected chi connectivity index (χ2v) is 10.0. The van der Waals surface area contributed by atoms with Gasteiger partial charge in [-0.3, -0.25) is 9.78 Å². The third kappa shape index (κ3) is 5.60. The predicted octanol–water partition coefficient (Wildman–Crippen LogP) is 6.91. The zero-order valence-corrected chi connectivity index (χ0v) is 20.7. The fourth-order valence-electron chi connectivity index (χ4n) is 5.17. The first-order valence-electron chi connectivity index (χ1n) is 13.2. The molecule has 0 aliphatic heterocycles. The van der Waals surface area contributed by atoms with E-state index >= 15 is 0 Å². The highest BCUT2D eigenvalue weighted by Gasteiger charge is 2.31. The molecule has 1 heterocycles. The Bertz CT molecular complexity index is 1210. The maximum absolute atomic E-state index is 13.5. The minimum atomic E-state index is 0.0517. The number of hydrogen-bond donors (Lipinski definition) is 0. The van der Waals surface area contributed by atoms with Crippen LogP contribution >= 0.6 is 0 Å². The van der Waals surface area contributed by atoms with Crippen LogP contribution in [0, 0.1) is 17.2 Å². The van der Waals surface area contributed by atoms with Gasteiger partial charge in [0, 0.05) is 23.9 Å². The first-order chi connectivity index (χ1) is 17.7. The van der Waals surface area contributed by atoms with E-state index in [9.17, 15) is 10.1 Å². The van der Waals surface area contributed by atoms with Crippen molar-refractivity contribution in [1.82, 2.24) is 4.98 Å². The highest BCUT2D eigenvalue weighted by atomic mass is 16.5. The van der Waals surface area contributed by atoms with Crippen LogP contribution in [0.1, 0.15) is 79.7 Å². The molecule has 5 heteroatoms. The van der Waals surface area contributed by atoms with Crippen LogP contribution in [0.3, 0.4) is 0 Å². The van der Waals surface area contributed by atoms with Crippen LogP contribution in [-0.4, -0.2) is 10.9 Å². The minimum Gasteiger partial charge on any atom is -0.487 e. The second kappa shape index (κ2) is 11.4. The number of carbonyl (C=O) groups is 1. The zero-order chi connectivity index (χ0) is 24.7. The van der Waals surface area contributed by atoms with Gasteiger partial charge < -0.3 is 9.64 Å². The lowest BCUT2D eigenvalue weighted by atomic mass is 9.84. The molecule has 3 aromatic rings. The molecule has 2 aromatic carbocycles. The Labute approximate surface area is 213 Å². The fraction of sp³-hybridized carbons (Fsp3) is 0.387. The van der Waals surface area contributed by atoms with E-state index in [4.69, 9.17) is 9.72 Å². The molecule has 0 spiro atoms. The lowest BCUT2D eigenvalue weighted by Crippen LogP contribution is -2.38. The number of ether oxygens (including phenoxy) is 1. The Morgan fingerprint density at radius 3 is 2.44 bits per heavy atom. The van der Waals surface area contributed by atoms with Crippen LogP contribution in [0.25, 0.3) is 0 Å². The standard InChI is InChI=1S/C31H33N3O2/c32-19-26-15-17-29(18-30(26)36-22-23-8-3-1-4-9-23)34(31(35)25-12-7-13-25)21-28-16-14-27(20-33-28)24-10-5-2-6-11-24/h1,3-4,8-9,14-18,20,24-25H,2,5-7,10-13,21-22H2. The molecule has 2 aliphatic carbocycles. The van der Waals surface area contributed by atoms with Crippen LogP contribution < -0.4 is 9.64 Å². The van der Waals surface area contributed by atoms with E-state index in [1.54, 1.807) is 6.07 Å². The molecule has 5 rings (SSSR count). The molecular formula is C31H33N3O2. The molecule has 0 atom stereocenters. The number of amides is 1. The van der Waals surface area contributed by atoms with E-state index in [0.717, 1.165) is 36.2 Å². The molecule has 0 N–H and O–H groups in total. The summed E-state index contributed by atoms with van der Waals surface area (Å²) in [6, 6.07) is 21.8. The van der Waals surface area contributed by atoms with Crippen molar-refractivity contribution in [3.05, 3.63) is 89.2 Å². The van der Waals surface area contributed by atoms with Gasteiger partial charge >= 0.3 is 0 Å². The Morgan fingerprint density at radius 1 is 0.972 bits per heavy atom. The summed E-state index contributed by atoms with van der Waals surface area (Å²) in [7, 11) is 0. The summed E-state index contributed by atoms with van der Waals surface area (Å²) in [6.45, 7) is 0.768. The summed E-state index contributed by atoms with van der Waals surface area (Å²) in [5.74, 6) is 1.27. The molecule has 36 heavy (non-hydrogen) atoms. The Balaban J connectivity index is 1.38. The van der Waals surface area contributed by atoms with Crippen molar-refractivity contribution in [1.29, 1.82) is 5.26 Å². The molecule has 1 aromatic heterocycles. The molecule has 0 radical (unpaired) electrons. The van der Waals surface area contributed by atoms with Gasteiger partial charge in [-0.1, -0.05) is 62.1 Å². The van der Waals surface area contributed by atoms with Gasteiger partial charge in [0.2, 0.25) is 5.91 Å². The Hall–Kier alpha value is -3.65. The maximum atomic E-state index is 13.5. The lowest BCUT2D eigenvalue weighted by molar-refractivity contribution is -0.124. The summed E-state index contributed by atoms with van der Waals surface area (Å²) in [5, 5.41) is 9.64. The highest BCUT2D eigenvalue weighted by Crippen LogP contribution is 2.34. The van der Waals surface area contributed by atoms with E-state index in [1.165, 1.54) is 37.7 Å². The van der Waals surface area contributed by atoms with E-state index in [0.29, 0.717) is 30.4 Å². The van der Waals surface area contributed by atoms with Gasteiger partial charge in [0.25, 0.3) is 0 Å². The third-order valence-corrected chi connectivity index (χ3v) is 7.60. The van der Waals surface area contributed by atoms with Crippen molar-refractivity contribution in [2.45, 2.75) is 70.4 Å². The van der Waals surface area contributed by atoms with Gasteiger partial charge in [-0.2, -0.15) is 5.26 Å². The largest absolute Gasteiger partial charge is 0.487 e. The predicted molar refractivity (Wildman–Crippen MR) is 141 cm³/mol. The van der Waals surface area contributed by atoms with Gasteiger partial charge in [-0.25, -0.2) is 0 Å². The van der Waals surface area contributed by atoms with Crippen molar-refractivity contribution in [3.8, 4) is 11.8 Å². The second-order valence-electron chi connectivity index (χ2n) is 10.0. The van der Waals surface area contributed by atoms with Crippen LogP contribution in [-0.2, 0) is 17.9 Å². The number of pyridine rings is 1. The van der Waals surface area contributed by atoms with Crippen molar-refractivity contribution in [3.63, 3.8) is 0 Å². The van der Waals surface area contributed by atoms with Gasteiger partial charge in [0.05, 0.1) is 17.8 Å². The molecule has 1 amide bonds. The monoisotopic (exact) mass is 479 g/mol. The molecular weight excluding hydrogens is 446 g/mol. The van der Waals surface area contributed by atoms with Crippen molar-refractivity contribution in [2.75, 3.05) is 4.90 Å². The average molecular weight is 480 g/mol. The van der Waals surface area contributed by atoms with Crippen LogP contribution in [0.2, 0.25) is 0 Å². The number of anilines is 1. The number of nitriles is 1. The van der Waals surface area contributed by atoms with Gasteiger partial charge in [-0.15, -0.1) is 0 Å². The van der Waals surface area contributed by atoms with Gasteiger partial charge in [0.1, 0.15) is 18.4 Å². The van der Waals surface area contributed by atoms with E-state index in [2.05, 4.69) is 18.2 Å². The van der Waals surface area contributed by atoms with Crippen LogP contribution in [0.5, 0.6) is 5.75 Å². The number of rotatable bonds is 8. The summed E-state index contributed by atoms with van der Waals surface area (Å²) in [5.41, 5.74) is 4.41. The molecule has 0 saturated heterocycles. The summed E-state index contributed by atoms with van der Waals surface area (Å²) in [4.78, 5) is 20.1. The number of benzene rings is 2. The molecule has 5 nitrogen and oxygen atoms in total. The Morgan fingerprint density at radius 2 is 1.78 bits per heavy atom. The quantitative estimate of drug-likeness (QED) is 0.352. The van der Waals surface area contributed by atoms with Crippen LogP contribution in [0.4, 0.5) is 5.69 Å². The fourth-order valence-corrected chi connectivity index (χ4v) is 5.17. The normalized spacial score (nSPS) is 16.1. The first-order valence-corrected chi connectivity index (χ1v) is 13.2. The van der Waals surface area contributed by atoms with E-state index < -0.39 is 0 Å². The van der Waals surface area contributed by atoms with E-state index in [1.807, 2.05) is 53.6 Å². The molecule has 0 bridgehead atoms. The lowest BCUT2D eigenvalue weighted by Gasteiger charge is -2.32. The number of aromatic nitrogens is 1. The van der Waals surface area contributed by atoms with Crippen molar-refractivity contribution >= 4 is 11.6 Å². The zero-order valence-electron chi connectivity index (χ0n) is 20.7. The molecule has 2 saturated carbocycles. The molecule has 2 fully saturated rings. The summed E-state index contributed by atoms with van der Waals surface area (Å²) < 4.78 is 6.04. The minimum absolute atomic E-state index is 0.0517. The summed E-state index contributed by atoms with van der Waals surface area (Å²) >= 11 is 0. The van der Waals surface area contributed by atoms with Gasteiger partial charge in [-0.05, 0) is 60.9 Å².